The Morgan fingerprint density at radius 1 is 1.32 bits per heavy atom. The lowest BCUT2D eigenvalue weighted by atomic mass is 10.3. The first-order chi connectivity index (χ1) is 9.20. The van der Waals surface area contributed by atoms with Gasteiger partial charge in [0.2, 0.25) is 5.91 Å². The second kappa shape index (κ2) is 6.08. The number of hydrogen-bond donors (Lipinski definition) is 2. The highest BCUT2D eigenvalue weighted by Gasteiger charge is 2.12. The van der Waals surface area contributed by atoms with Gasteiger partial charge in [0.15, 0.2) is 5.65 Å². The van der Waals surface area contributed by atoms with Crippen LogP contribution in [-0.4, -0.2) is 33.4 Å². The van der Waals surface area contributed by atoms with Crippen molar-refractivity contribution in [1.29, 1.82) is 0 Å². The number of aromatic nitrogens is 3. The van der Waals surface area contributed by atoms with Gasteiger partial charge >= 0.3 is 0 Å². The fourth-order valence-electron chi connectivity index (χ4n) is 1.62. The van der Waals surface area contributed by atoms with Gasteiger partial charge in [-0.2, -0.15) is 0 Å². The number of amides is 1. The van der Waals surface area contributed by atoms with Crippen LogP contribution in [0.3, 0.4) is 0 Å². The predicted octanol–water partition coefficient (Wildman–Crippen LogP) is 1.35. The van der Waals surface area contributed by atoms with Gasteiger partial charge in [-0.3, -0.25) is 9.78 Å². The van der Waals surface area contributed by atoms with E-state index in [1.54, 1.807) is 25.4 Å². The van der Waals surface area contributed by atoms with Crippen LogP contribution in [0.25, 0.3) is 11.2 Å². The third-order valence-corrected chi connectivity index (χ3v) is 2.64. The van der Waals surface area contributed by atoms with Crippen molar-refractivity contribution < 1.29 is 4.79 Å². The summed E-state index contributed by atoms with van der Waals surface area (Å²) in [5, 5.41) is 5.88. The molecule has 0 fully saturated rings. The Bertz CT molecular complexity index is 572. The van der Waals surface area contributed by atoms with E-state index in [4.69, 9.17) is 0 Å². The van der Waals surface area contributed by atoms with Gasteiger partial charge in [-0.1, -0.05) is 6.92 Å². The molecule has 0 saturated heterocycles. The van der Waals surface area contributed by atoms with Crippen LogP contribution < -0.4 is 10.6 Å². The Kier molecular flexibility index (Phi) is 4.22. The van der Waals surface area contributed by atoms with Crippen molar-refractivity contribution >= 4 is 22.9 Å². The van der Waals surface area contributed by atoms with Crippen molar-refractivity contribution in [2.45, 2.75) is 26.3 Å². The van der Waals surface area contributed by atoms with E-state index in [2.05, 4.69) is 25.6 Å². The first-order valence-electron chi connectivity index (χ1n) is 6.32. The minimum Gasteiger partial charge on any atom is -0.359 e. The largest absolute Gasteiger partial charge is 0.359 e. The Hall–Kier alpha value is -2.24. The number of nitrogens with zero attached hydrogens (tertiary/aromatic N) is 3. The maximum Gasteiger partial charge on any atom is 0.242 e. The van der Waals surface area contributed by atoms with E-state index in [0.29, 0.717) is 18.0 Å². The Labute approximate surface area is 111 Å². The zero-order valence-corrected chi connectivity index (χ0v) is 11.1. The molecule has 0 aliphatic heterocycles. The quantitative estimate of drug-likeness (QED) is 0.847. The lowest BCUT2D eigenvalue weighted by molar-refractivity contribution is -0.121. The van der Waals surface area contributed by atoms with E-state index in [0.717, 1.165) is 11.9 Å². The average molecular weight is 259 g/mol. The molecule has 0 aromatic carbocycles. The SMILES string of the molecule is CCCNC(=O)C(C)Nc1ccc2nccnc2n1. The van der Waals surface area contributed by atoms with Crippen LogP contribution in [0.4, 0.5) is 5.82 Å². The maximum atomic E-state index is 11.7. The van der Waals surface area contributed by atoms with Crippen LogP contribution in [0.2, 0.25) is 0 Å². The number of rotatable bonds is 5. The third-order valence-electron chi connectivity index (χ3n) is 2.64. The van der Waals surface area contributed by atoms with E-state index in [1.807, 2.05) is 13.0 Å². The summed E-state index contributed by atoms with van der Waals surface area (Å²) in [5.74, 6) is 0.579. The van der Waals surface area contributed by atoms with Gasteiger partial charge in [0.1, 0.15) is 17.4 Å². The Morgan fingerprint density at radius 3 is 2.89 bits per heavy atom. The molecule has 6 heteroatoms. The van der Waals surface area contributed by atoms with Crippen LogP contribution in [0.1, 0.15) is 20.3 Å². The first-order valence-corrected chi connectivity index (χ1v) is 6.32. The van der Waals surface area contributed by atoms with Crippen LogP contribution in [0, 0.1) is 0 Å². The van der Waals surface area contributed by atoms with Crippen LogP contribution in [0.5, 0.6) is 0 Å². The summed E-state index contributed by atoms with van der Waals surface area (Å²) in [7, 11) is 0. The van der Waals surface area contributed by atoms with Gasteiger partial charge in [0.05, 0.1) is 0 Å². The van der Waals surface area contributed by atoms with Gasteiger partial charge in [0, 0.05) is 18.9 Å². The third kappa shape index (κ3) is 3.37. The second-order valence-corrected chi connectivity index (χ2v) is 4.25. The molecule has 2 aromatic rings. The van der Waals surface area contributed by atoms with Crippen molar-refractivity contribution in [3.8, 4) is 0 Å². The summed E-state index contributed by atoms with van der Waals surface area (Å²) in [5.41, 5.74) is 1.30. The van der Waals surface area contributed by atoms with Gasteiger partial charge < -0.3 is 10.6 Å². The Morgan fingerprint density at radius 2 is 2.11 bits per heavy atom. The van der Waals surface area contributed by atoms with E-state index >= 15 is 0 Å². The van der Waals surface area contributed by atoms with Crippen molar-refractivity contribution in [2.75, 3.05) is 11.9 Å². The molecule has 19 heavy (non-hydrogen) atoms. The molecule has 2 N–H and O–H groups in total. The zero-order valence-electron chi connectivity index (χ0n) is 11.1. The number of carbonyl (C=O) groups excluding carboxylic acids is 1. The molecule has 0 aliphatic rings. The molecule has 2 rings (SSSR count). The smallest absolute Gasteiger partial charge is 0.242 e. The van der Waals surface area contributed by atoms with Crippen molar-refractivity contribution in [3.63, 3.8) is 0 Å². The second-order valence-electron chi connectivity index (χ2n) is 4.25. The minimum absolute atomic E-state index is 0.0390. The number of anilines is 1. The molecule has 2 aromatic heterocycles. The molecular weight excluding hydrogens is 242 g/mol. The van der Waals surface area contributed by atoms with Crippen LogP contribution in [0.15, 0.2) is 24.5 Å². The van der Waals surface area contributed by atoms with Gasteiger partial charge in [-0.15, -0.1) is 0 Å². The molecular formula is C13H17N5O. The maximum absolute atomic E-state index is 11.7. The molecule has 1 amide bonds. The summed E-state index contributed by atoms with van der Waals surface area (Å²) < 4.78 is 0. The van der Waals surface area contributed by atoms with E-state index < -0.39 is 0 Å². The minimum atomic E-state index is -0.340. The molecule has 0 saturated carbocycles. The van der Waals surface area contributed by atoms with Crippen molar-refractivity contribution in [2.24, 2.45) is 0 Å². The highest BCUT2D eigenvalue weighted by atomic mass is 16.2. The molecule has 1 atom stereocenters. The highest BCUT2D eigenvalue weighted by Crippen LogP contribution is 2.10. The lowest BCUT2D eigenvalue weighted by Gasteiger charge is -2.14. The lowest BCUT2D eigenvalue weighted by Crippen LogP contribution is -2.38. The molecule has 100 valence electrons. The molecule has 6 nitrogen and oxygen atoms in total. The number of nitrogens with one attached hydrogen (secondary N) is 2. The molecule has 2 heterocycles. The first kappa shape index (κ1) is 13.2. The average Bonchev–Trinajstić information content (AvgIpc) is 2.44. The molecule has 0 bridgehead atoms. The van der Waals surface area contributed by atoms with Crippen LogP contribution >= 0.6 is 0 Å². The Balaban J connectivity index is 2.06. The van der Waals surface area contributed by atoms with E-state index in [-0.39, 0.29) is 11.9 Å². The topological polar surface area (TPSA) is 79.8 Å². The number of pyridine rings is 1. The van der Waals surface area contributed by atoms with Gasteiger partial charge in [-0.25, -0.2) is 9.97 Å². The molecule has 0 radical (unpaired) electrons. The predicted molar refractivity (Wildman–Crippen MR) is 73.7 cm³/mol. The summed E-state index contributed by atoms with van der Waals surface area (Å²) >= 11 is 0. The monoisotopic (exact) mass is 259 g/mol. The highest BCUT2D eigenvalue weighted by molar-refractivity contribution is 5.84. The summed E-state index contributed by atoms with van der Waals surface area (Å²) in [4.78, 5) is 24.3. The summed E-state index contributed by atoms with van der Waals surface area (Å²) in [6, 6.07) is 3.28. The van der Waals surface area contributed by atoms with E-state index in [9.17, 15) is 4.79 Å². The van der Waals surface area contributed by atoms with Crippen LogP contribution in [-0.2, 0) is 4.79 Å². The molecule has 0 spiro atoms. The normalized spacial score (nSPS) is 12.1. The zero-order chi connectivity index (χ0) is 13.7. The standard InChI is InChI=1S/C13H17N5O/c1-3-6-16-13(19)9(2)17-11-5-4-10-12(18-11)15-8-7-14-10/h4-5,7-9H,3,6H2,1-2H3,(H,16,19)(H,15,17,18). The van der Waals surface area contributed by atoms with Crippen molar-refractivity contribution in [3.05, 3.63) is 24.5 Å². The number of fused-ring (bicyclic) bond motifs is 1. The summed E-state index contributed by atoms with van der Waals surface area (Å²) in [6.07, 6.45) is 4.14. The number of hydrogen-bond acceptors (Lipinski definition) is 5. The van der Waals surface area contributed by atoms with E-state index in [1.165, 1.54) is 0 Å². The molecule has 1 unspecified atom stereocenters. The fraction of sp³-hybridized carbons (Fsp3) is 0.385. The fourth-order valence-corrected chi connectivity index (χ4v) is 1.62. The molecule has 0 aliphatic carbocycles. The van der Waals surface area contributed by atoms with Gasteiger partial charge in [0.25, 0.3) is 0 Å². The summed E-state index contributed by atoms with van der Waals surface area (Å²) in [6.45, 7) is 4.50. The van der Waals surface area contributed by atoms with Gasteiger partial charge in [-0.05, 0) is 25.5 Å². The number of carbonyl (C=O) groups is 1. The van der Waals surface area contributed by atoms with Crippen molar-refractivity contribution in [1.82, 2.24) is 20.3 Å².